The second-order valence-corrected chi connectivity index (χ2v) is 7.39. The molecule has 5 heteroatoms. The molecule has 1 aromatic heterocycles. The summed E-state index contributed by atoms with van der Waals surface area (Å²) >= 11 is 0. The zero-order valence-corrected chi connectivity index (χ0v) is 16.6. The molecule has 1 aromatic carbocycles. The minimum atomic E-state index is 0.0641. The van der Waals surface area contributed by atoms with Crippen LogP contribution in [0.2, 0.25) is 0 Å². The molecule has 0 aliphatic carbocycles. The smallest absolute Gasteiger partial charge is 0.262 e. The summed E-state index contributed by atoms with van der Waals surface area (Å²) in [5.41, 5.74) is 2.42. The van der Waals surface area contributed by atoms with Crippen LogP contribution in [0.15, 0.2) is 40.1 Å². The van der Waals surface area contributed by atoms with E-state index in [0.29, 0.717) is 24.6 Å². The van der Waals surface area contributed by atoms with Crippen molar-refractivity contribution in [3.05, 3.63) is 52.1 Å². The highest BCUT2D eigenvalue weighted by atomic mass is 16.1. The van der Waals surface area contributed by atoms with E-state index in [1.807, 2.05) is 48.8 Å². The minimum Gasteiger partial charge on any atom is -0.283 e. The number of nitrogens with zero attached hydrogens (tertiary/aromatic N) is 4. The van der Waals surface area contributed by atoms with Gasteiger partial charge in [-0.05, 0) is 63.3 Å². The number of hydrogen-bond acceptors (Lipinski definition) is 4. The van der Waals surface area contributed by atoms with E-state index in [1.54, 1.807) is 0 Å². The van der Waals surface area contributed by atoms with Gasteiger partial charge >= 0.3 is 0 Å². The van der Waals surface area contributed by atoms with Crippen molar-refractivity contribution < 1.29 is 0 Å². The van der Waals surface area contributed by atoms with Gasteiger partial charge in [0.1, 0.15) is 11.5 Å². The Morgan fingerprint density at radius 2 is 2.29 bits per heavy atom. The fourth-order valence-electron chi connectivity index (χ4n) is 4.17. The van der Waals surface area contributed by atoms with Crippen LogP contribution in [0.4, 0.5) is 0 Å². The average molecular weight is 374 g/mol. The molecule has 0 spiro atoms. The molecule has 144 valence electrons. The van der Waals surface area contributed by atoms with E-state index in [2.05, 4.69) is 21.7 Å². The van der Waals surface area contributed by atoms with Gasteiger partial charge in [0.2, 0.25) is 0 Å². The summed E-state index contributed by atoms with van der Waals surface area (Å²) in [6.07, 6.45) is 8.25. The van der Waals surface area contributed by atoms with Crippen molar-refractivity contribution in [2.24, 2.45) is 4.99 Å². The van der Waals surface area contributed by atoms with Gasteiger partial charge < -0.3 is 0 Å². The van der Waals surface area contributed by atoms with Crippen molar-refractivity contribution >= 4 is 16.6 Å². The maximum Gasteiger partial charge on any atom is 0.262 e. The lowest BCUT2D eigenvalue weighted by molar-refractivity contribution is 0.203. The Morgan fingerprint density at radius 1 is 1.39 bits per heavy atom. The lowest BCUT2D eigenvalue weighted by atomic mass is 10.1. The Bertz CT molecular complexity index is 1070. The first-order chi connectivity index (χ1) is 13.7. The van der Waals surface area contributed by atoms with Crippen molar-refractivity contribution in [1.82, 2.24) is 14.5 Å². The molecule has 0 saturated carbocycles. The van der Waals surface area contributed by atoms with Crippen LogP contribution >= 0.6 is 0 Å². The van der Waals surface area contributed by atoms with Crippen molar-refractivity contribution in [1.29, 1.82) is 0 Å². The average Bonchev–Trinajstić information content (AvgIpc) is 3.07. The van der Waals surface area contributed by atoms with Crippen LogP contribution in [-0.4, -0.2) is 39.3 Å². The molecule has 5 nitrogen and oxygen atoms in total. The van der Waals surface area contributed by atoms with Crippen LogP contribution in [0.1, 0.15) is 44.5 Å². The van der Waals surface area contributed by atoms with Crippen LogP contribution in [0.25, 0.3) is 10.9 Å². The fraction of sp³-hybridized carbons (Fsp3) is 0.435. The lowest BCUT2D eigenvalue weighted by Crippen LogP contribution is -2.34. The summed E-state index contributed by atoms with van der Waals surface area (Å²) in [5, 5.41) is 0.669. The van der Waals surface area contributed by atoms with Gasteiger partial charge in [0, 0.05) is 31.1 Å². The maximum absolute atomic E-state index is 13.1. The SMILES string of the molecule is C/C=C\C(C#Cc1ccc2c(=O)n3c(nc2c1)CCC1CCCN1C3)=NCC. The molecular weight excluding hydrogens is 348 g/mol. The first-order valence-electron chi connectivity index (χ1n) is 10.2. The Hall–Kier alpha value is -2.71. The predicted molar refractivity (Wildman–Crippen MR) is 114 cm³/mol. The van der Waals surface area contributed by atoms with Crippen LogP contribution in [0.5, 0.6) is 0 Å². The molecule has 2 aromatic rings. The van der Waals surface area contributed by atoms with Crippen LogP contribution < -0.4 is 5.56 Å². The van der Waals surface area contributed by atoms with Gasteiger partial charge in [-0.1, -0.05) is 12.0 Å². The third-order valence-electron chi connectivity index (χ3n) is 5.55. The fourth-order valence-corrected chi connectivity index (χ4v) is 4.17. The molecule has 4 rings (SSSR count). The third-order valence-corrected chi connectivity index (χ3v) is 5.55. The van der Waals surface area contributed by atoms with Gasteiger partial charge in [-0.25, -0.2) is 4.98 Å². The number of benzene rings is 1. The summed E-state index contributed by atoms with van der Waals surface area (Å²) in [6, 6.07) is 6.28. The molecule has 28 heavy (non-hydrogen) atoms. The molecule has 1 saturated heterocycles. The summed E-state index contributed by atoms with van der Waals surface area (Å²) in [6.45, 7) is 6.40. The molecule has 0 N–H and O–H groups in total. The topological polar surface area (TPSA) is 50.5 Å². The van der Waals surface area contributed by atoms with E-state index < -0.39 is 0 Å². The summed E-state index contributed by atoms with van der Waals surface area (Å²) < 4.78 is 1.87. The first kappa shape index (κ1) is 18.6. The summed E-state index contributed by atoms with van der Waals surface area (Å²) in [5.74, 6) is 7.18. The Labute approximate surface area is 165 Å². The van der Waals surface area contributed by atoms with Crippen molar-refractivity contribution in [3.63, 3.8) is 0 Å². The minimum absolute atomic E-state index is 0.0641. The highest BCUT2D eigenvalue weighted by Crippen LogP contribution is 2.25. The molecule has 1 atom stereocenters. The van der Waals surface area contributed by atoms with E-state index >= 15 is 0 Å². The molecule has 0 bridgehead atoms. The van der Waals surface area contributed by atoms with Crippen LogP contribution in [0, 0.1) is 11.8 Å². The molecule has 1 unspecified atom stereocenters. The molecule has 1 fully saturated rings. The number of aliphatic imine (C=N–C) groups is 1. The molecule has 0 radical (unpaired) electrons. The number of allylic oxidation sites excluding steroid dienone is 2. The highest BCUT2D eigenvalue weighted by molar-refractivity contribution is 6.09. The van der Waals surface area contributed by atoms with Gasteiger partial charge in [-0.2, -0.15) is 0 Å². The zero-order chi connectivity index (χ0) is 19.5. The Balaban J connectivity index is 1.72. The van der Waals surface area contributed by atoms with Gasteiger partial charge in [-0.15, -0.1) is 0 Å². The van der Waals surface area contributed by atoms with E-state index in [0.717, 1.165) is 42.0 Å². The van der Waals surface area contributed by atoms with Gasteiger partial charge in [0.15, 0.2) is 0 Å². The highest BCUT2D eigenvalue weighted by Gasteiger charge is 2.29. The predicted octanol–water partition coefficient (Wildman–Crippen LogP) is 3.15. The lowest BCUT2D eigenvalue weighted by Gasteiger charge is -2.21. The monoisotopic (exact) mass is 374 g/mol. The Kier molecular flexibility index (Phi) is 5.40. The number of aryl methyl sites for hydroxylation is 1. The van der Waals surface area contributed by atoms with Crippen LogP contribution in [0.3, 0.4) is 0 Å². The molecule has 2 aliphatic rings. The maximum atomic E-state index is 13.1. The number of rotatable bonds is 2. The largest absolute Gasteiger partial charge is 0.283 e. The number of aromatic nitrogens is 2. The summed E-state index contributed by atoms with van der Waals surface area (Å²) in [7, 11) is 0. The van der Waals surface area contributed by atoms with E-state index in [4.69, 9.17) is 4.98 Å². The van der Waals surface area contributed by atoms with E-state index in [9.17, 15) is 4.79 Å². The van der Waals surface area contributed by atoms with Crippen molar-refractivity contribution in [2.45, 2.75) is 52.2 Å². The quantitative estimate of drug-likeness (QED) is 0.599. The molecule has 0 amide bonds. The first-order valence-corrected chi connectivity index (χ1v) is 10.2. The van der Waals surface area contributed by atoms with Gasteiger partial charge in [0.05, 0.1) is 17.6 Å². The van der Waals surface area contributed by atoms with Crippen molar-refractivity contribution in [3.8, 4) is 11.8 Å². The molecule has 3 heterocycles. The van der Waals surface area contributed by atoms with Gasteiger partial charge in [0.25, 0.3) is 5.56 Å². The normalized spacial score (nSPS) is 19.9. The third kappa shape index (κ3) is 3.65. The van der Waals surface area contributed by atoms with Crippen LogP contribution in [-0.2, 0) is 13.1 Å². The Morgan fingerprint density at radius 3 is 3.11 bits per heavy atom. The number of fused-ring (bicyclic) bond motifs is 3. The second-order valence-electron chi connectivity index (χ2n) is 7.39. The van der Waals surface area contributed by atoms with E-state index in [1.165, 1.54) is 12.8 Å². The second kappa shape index (κ2) is 8.12. The number of hydrogen-bond donors (Lipinski definition) is 0. The summed E-state index contributed by atoms with van der Waals surface area (Å²) in [4.78, 5) is 24.8. The van der Waals surface area contributed by atoms with Crippen molar-refractivity contribution in [2.75, 3.05) is 13.1 Å². The zero-order valence-electron chi connectivity index (χ0n) is 16.6. The van der Waals surface area contributed by atoms with E-state index in [-0.39, 0.29) is 5.56 Å². The molecular formula is C23H26N4O. The molecule has 2 aliphatic heterocycles. The van der Waals surface area contributed by atoms with Gasteiger partial charge in [-0.3, -0.25) is 19.3 Å². The standard InChI is InChI=1S/C23H26N4O/c1-3-6-18(24-4-2)10-8-17-9-12-20-21(15-17)25-22-13-11-19-7-5-14-26(19)16-27(22)23(20)28/h3,6,9,12,15,19H,4-5,7,11,13-14,16H2,1-2H3/b6-3-,24-18?.